The monoisotopic (exact) mass is 396 g/mol. The zero-order valence-electron chi connectivity index (χ0n) is 17.5. The standard InChI is InChI=1S/C25H32O4/c1-18(2)11-7-4-3-5-10-14-20-15-16-21(24(26)27)23(25(28)29)22(20)17-19-12-8-6-9-13-19/h6,8-9,12-13,15-16,18H,3-5,7,10-11,14,17H2,1-2H3,(H,26,27)(H,28,29). The molecule has 0 atom stereocenters. The molecule has 2 rings (SSSR count). The van der Waals surface area contributed by atoms with Gasteiger partial charge in [-0.25, -0.2) is 9.59 Å². The van der Waals surface area contributed by atoms with Crippen LogP contribution in [0.25, 0.3) is 0 Å². The topological polar surface area (TPSA) is 74.6 Å². The number of carboxylic acid groups (broad SMARTS) is 2. The molecule has 0 bridgehead atoms. The Kier molecular flexibility index (Phi) is 8.91. The van der Waals surface area contributed by atoms with Gasteiger partial charge in [-0.05, 0) is 47.9 Å². The molecule has 0 heterocycles. The maximum Gasteiger partial charge on any atom is 0.336 e. The molecule has 0 aliphatic heterocycles. The zero-order chi connectivity index (χ0) is 21.2. The maximum atomic E-state index is 11.9. The quantitative estimate of drug-likeness (QED) is 0.418. The fourth-order valence-corrected chi connectivity index (χ4v) is 3.75. The largest absolute Gasteiger partial charge is 0.478 e. The van der Waals surface area contributed by atoms with Crippen LogP contribution in [-0.4, -0.2) is 22.2 Å². The van der Waals surface area contributed by atoms with Crippen molar-refractivity contribution in [1.82, 2.24) is 0 Å². The molecule has 0 aromatic heterocycles. The highest BCUT2D eigenvalue weighted by Crippen LogP contribution is 2.25. The van der Waals surface area contributed by atoms with Gasteiger partial charge in [0, 0.05) is 0 Å². The minimum absolute atomic E-state index is 0.0733. The second kappa shape index (κ2) is 11.4. The minimum Gasteiger partial charge on any atom is -0.478 e. The molecular formula is C25H32O4. The van der Waals surface area contributed by atoms with Crippen LogP contribution in [0.15, 0.2) is 42.5 Å². The molecule has 29 heavy (non-hydrogen) atoms. The minimum atomic E-state index is -1.20. The second-order valence-corrected chi connectivity index (χ2v) is 8.10. The summed E-state index contributed by atoms with van der Waals surface area (Å²) < 4.78 is 0. The van der Waals surface area contributed by atoms with Crippen LogP contribution in [0.1, 0.15) is 89.8 Å². The third-order valence-electron chi connectivity index (χ3n) is 5.31. The lowest BCUT2D eigenvalue weighted by molar-refractivity contribution is 0.0650. The van der Waals surface area contributed by atoms with Crippen LogP contribution < -0.4 is 0 Å². The van der Waals surface area contributed by atoms with E-state index in [4.69, 9.17) is 0 Å². The normalized spacial score (nSPS) is 11.0. The molecular weight excluding hydrogens is 364 g/mol. The third kappa shape index (κ3) is 7.04. The molecule has 2 aromatic rings. The summed E-state index contributed by atoms with van der Waals surface area (Å²) >= 11 is 0. The highest BCUT2D eigenvalue weighted by molar-refractivity contribution is 6.03. The highest BCUT2D eigenvalue weighted by atomic mass is 16.4. The molecule has 0 unspecified atom stereocenters. The van der Waals surface area contributed by atoms with E-state index in [9.17, 15) is 19.8 Å². The Morgan fingerprint density at radius 3 is 2.10 bits per heavy atom. The van der Waals surface area contributed by atoms with Gasteiger partial charge < -0.3 is 10.2 Å². The van der Waals surface area contributed by atoms with Gasteiger partial charge in [-0.2, -0.15) is 0 Å². The zero-order valence-corrected chi connectivity index (χ0v) is 17.5. The van der Waals surface area contributed by atoms with Gasteiger partial charge in [-0.15, -0.1) is 0 Å². The molecule has 0 radical (unpaired) electrons. The molecule has 156 valence electrons. The van der Waals surface area contributed by atoms with E-state index in [0.717, 1.165) is 36.3 Å². The molecule has 0 saturated heterocycles. The van der Waals surface area contributed by atoms with Crippen molar-refractivity contribution < 1.29 is 19.8 Å². The highest BCUT2D eigenvalue weighted by Gasteiger charge is 2.22. The molecule has 4 nitrogen and oxygen atoms in total. The van der Waals surface area contributed by atoms with Crippen LogP contribution >= 0.6 is 0 Å². The lowest BCUT2D eigenvalue weighted by Crippen LogP contribution is -2.14. The Labute approximate surface area is 173 Å². The van der Waals surface area contributed by atoms with Crippen LogP contribution in [0.4, 0.5) is 0 Å². The van der Waals surface area contributed by atoms with E-state index in [-0.39, 0.29) is 11.1 Å². The first-order valence-corrected chi connectivity index (χ1v) is 10.6. The number of carboxylic acids is 2. The number of hydrogen-bond acceptors (Lipinski definition) is 2. The van der Waals surface area contributed by atoms with Crippen molar-refractivity contribution in [3.05, 3.63) is 70.3 Å². The van der Waals surface area contributed by atoms with E-state index in [1.165, 1.54) is 31.7 Å². The second-order valence-electron chi connectivity index (χ2n) is 8.10. The van der Waals surface area contributed by atoms with E-state index in [1.807, 2.05) is 30.3 Å². The molecule has 0 amide bonds. The predicted octanol–water partition coefficient (Wildman–Crippen LogP) is 6.21. The van der Waals surface area contributed by atoms with Gasteiger partial charge in [0.25, 0.3) is 0 Å². The molecule has 0 fully saturated rings. The van der Waals surface area contributed by atoms with E-state index < -0.39 is 11.9 Å². The van der Waals surface area contributed by atoms with Crippen molar-refractivity contribution in [3.8, 4) is 0 Å². The number of unbranched alkanes of at least 4 members (excludes halogenated alkanes) is 4. The van der Waals surface area contributed by atoms with Crippen molar-refractivity contribution in [3.63, 3.8) is 0 Å². The van der Waals surface area contributed by atoms with Gasteiger partial charge in [-0.3, -0.25) is 0 Å². The molecule has 2 N–H and O–H groups in total. The number of benzene rings is 2. The van der Waals surface area contributed by atoms with E-state index in [1.54, 1.807) is 6.07 Å². The number of aryl methyl sites for hydroxylation is 1. The van der Waals surface area contributed by atoms with Crippen molar-refractivity contribution in [2.24, 2.45) is 5.92 Å². The van der Waals surface area contributed by atoms with Crippen molar-refractivity contribution in [2.45, 2.75) is 65.2 Å². The maximum absolute atomic E-state index is 11.9. The van der Waals surface area contributed by atoms with Crippen LogP contribution in [0.2, 0.25) is 0 Å². The van der Waals surface area contributed by atoms with Crippen molar-refractivity contribution >= 4 is 11.9 Å². The summed E-state index contributed by atoms with van der Waals surface area (Å²) in [6.45, 7) is 4.49. The van der Waals surface area contributed by atoms with Crippen LogP contribution in [0.5, 0.6) is 0 Å². The lowest BCUT2D eigenvalue weighted by Gasteiger charge is -2.15. The van der Waals surface area contributed by atoms with E-state index >= 15 is 0 Å². The number of rotatable bonds is 12. The van der Waals surface area contributed by atoms with Gasteiger partial charge in [-0.1, -0.05) is 82.3 Å². The Balaban J connectivity index is 2.16. The van der Waals surface area contributed by atoms with Crippen LogP contribution in [0.3, 0.4) is 0 Å². The predicted molar refractivity (Wildman–Crippen MR) is 116 cm³/mol. The fourth-order valence-electron chi connectivity index (χ4n) is 3.75. The van der Waals surface area contributed by atoms with Gasteiger partial charge in [0.1, 0.15) is 0 Å². The van der Waals surface area contributed by atoms with Crippen LogP contribution in [0, 0.1) is 5.92 Å². The van der Waals surface area contributed by atoms with Gasteiger partial charge in [0.15, 0.2) is 0 Å². The average Bonchev–Trinajstić information content (AvgIpc) is 2.68. The summed E-state index contributed by atoms with van der Waals surface area (Å²) in [5.41, 5.74) is 2.34. The van der Waals surface area contributed by atoms with Gasteiger partial charge >= 0.3 is 11.9 Å². The number of hydrogen-bond donors (Lipinski definition) is 2. The summed E-state index contributed by atoms with van der Waals surface area (Å²) in [5, 5.41) is 19.2. The summed E-state index contributed by atoms with van der Waals surface area (Å²) in [4.78, 5) is 23.5. The molecule has 4 heteroatoms. The molecule has 0 aliphatic rings. The summed E-state index contributed by atoms with van der Waals surface area (Å²) in [6.07, 6.45) is 8.21. The molecule has 2 aromatic carbocycles. The summed E-state index contributed by atoms with van der Waals surface area (Å²) in [6, 6.07) is 12.9. The first-order valence-electron chi connectivity index (χ1n) is 10.6. The number of carbonyl (C=O) groups is 2. The Hall–Kier alpha value is -2.62. The Bertz CT molecular complexity index is 809. The molecule has 0 saturated carbocycles. The SMILES string of the molecule is CC(C)CCCCCCCc1ccc(C(=O)O)c(C(=O)O)c1Cc1ccccc1. The van der Waals surface area contributed by atoms with Crippen LogP contribution in [-0.2, 0) is 12.8 Å². The average molecular weight is 397 g/mol. The third-order valence-corrected chi connectivity index (χ3v) is 5.31. The molecule has 0 spiro atoms. The Morgan fingerprint density at radius 2 is 1.48 bits per heavy atom. The van der Waals surface area contributed by atoms with Gasteiger partial charge in [0.05, 0.1) is 11.1 Å². The van der Waals surface area contributed by atoms with Gasteiger partial charge in [0.2, 0.25) is 0 Å². The first-order chi connectivity index (χ1) is 13.9. The van der Waals surface area contributed by atoms with Crippen molar-refractivity contribution in [1.29, 1.82) is 0 Å². The van der Waals surface area contributed by atoms with E-state index in [2.05, 4.69) is 13.8 Å². The lowest BCUT2D eigenvalue weighted by atomic mass is 9.89. The smallest absolute Gasteiger partial charge is 0.336 e. The molecule has 0 aliphatic carbocycles. The fraction of sp³-hybridized carbons (Fsp3) is 0.440. The first kappa shape index (κ1) is 22.7. The Morgan fingerprint density at radius 1 is 0.828 bits per heavy atom. The van der Waals surface area contributed by atoms with Crippen molar-refractivity contribution in [2.75, 3.05) is 0 Å². The summed E-state index contributed by atoms with van der Waals surface area (Å²) in [5.74, 6) is -1.63. The summed E-state index contributed by atoms with van der Waals surface area (Å²) in [7, 11) is 0. The van der Waals surface area contributed by atoms with E-state index in [0.29, 0.717) is 12.0 Å². The number of aromatic carboxylic acids is 2.